The topological polar surface area (TPSA) is 67.2 Å². The number of aromatic nitrogens is 2. The lowest BCUT2D eigenvalue weighted by Gasteiger charge is -2.08. The number of amides is 1. The molecule has 1 amide bonds. The van der Waals surface area contributed by atoms with Gasteiger partial charge in [-0.05, 0) is 54.8 Å². The highest BCUT2D eigenvalue weighted by molar-refractivity contribution is 6.02. The Kier molecular flexibility index (Phi) is 3.85. The SMILES string of the molecule is C=CC(=O)Nc1cnc2c(c1)c(-c1cc(C)c(O)c(C)c1)cn2C. The molecule has 5 nitrogen and oxygen atoms in total. The van der Waals surface area contributed by atoms with Crippen LogP contribution in [0.5, 0.6) is 5.75 Å². The van der Waals surface area contributed by atoms with E-state index in [0.29, 0.717) is 11.4 Å². The quantitative estimate of drug-likeness (QED) is 0.723. The summed E-state index contributed by atoms with van der Waals surface area (Å²) in [5.41, 5.74) is 5.09. The number of fused-ring (bicyclic) bond motifs is 1. The van der Waals surface area contributed by atoms with Crippen LogP contribution in [0.2, 0.25) is 0 Å². The van der Waals surface area contributed by atoms with Gasteiger partial charge in [-0.2, -0.15) is 0 Å². The van der Waals surface area contributed by atoms with Crippen LogP contribution in [0.25, 0.3) is 22.2 Å². The van der Waals surface area contributed by atoms with Crippen LogP contribution >= 0.6 is 0 Å². The summed E-state index contributed by atoms with van der Waals surface area (Å²) in [7, 11) is 1.93. The van der Waals surface area contributed by atoms with Crippen molar-refractivity contribution in [3.63, 3.8) is 0 Å². The third kappa shape index (κ3) is 2.65. The second-order valence-electron chi connectivity index (χ2n) is 5.90. The minimum absolute atomic E-state index is 0.273. The fraction of sp³-hybridized carbons (Fsp3) is 0.158. The van der Waals surface area contributed by atoms with E-state index < -0.39 is 0 Å². The maximum Gasteiger partial charge on any atom is 0.247 e. The van der Waals surface area contributed by atoms with Gasteiger partial charge in [0.15, 0.2) is 0 Å². The number of aryl methyl sites for hydroxylation is 3. The van der Waals surface area contributed by atoms with Gasteiger partial charge in [0.25, 0.3) is 0 Å². The summed E-state index contributed by atoms with van der Waals surface area (Å²) in [5.74, 6) is 0.0426. The zero-order valence-electron chi connectivity index (χ0n) is 13.9. The molecule has 24 heavy (non-hydrogen) atoms. The van der Waals surface area contributed by atoms with Crippen molar-refractivity contribution in [1.29, 1.82) is 0 Å². The highest BCUT2D eigenvalue weighted by Gasteiger charge is 2.13. The molecule has 0 atom stereocenters. The van der Waals surface area contributed by atoms with Crippen LogP contribution in [0, 0.1) is 13.8 Å². The van der Waals surface area contributed by atoms with Gasteiger partial charge in [-0.15, -0.1) is 0 Å². The Morgan fingerprint density at radius 1 is 1.29 bits per heavy atom. The van der Waals surface area contributed by atoms with Crippen LogP contribution < -0.4 is 5.32 Å². The van der Waals surface area contributed by atoms with E-state index in [2.05, 4.69) is 16.9 Å². The zero-order chi connectivity index (χ0) is 17.4. The normalized spacial score (nSPS) is 10.8. The van der Waals surface area contributed by atoms with Gasteiger partial charge in [-0.3, -0.25) is 4.79 Å². The van der Waals surface area contributed by atoms with E-state index in [9.17, 15) is 9.90 Å². The number of rotatable bonds is 3. The van der Waals surface area contributed by atoms with Gasteiger partial charge in [0, 0.05) is 24.2 Å². The molecule has 0 spiro atoms. The first kappa shape index (κ1) is 15.8. The van der Waals surface area contributed by atoms with Crippen LogP contribution in [-0.2, 0) is 11.8 Å². The van der Waals surface area contributed by atoms with E-state index >= 15 is 0 Å². The molecule has 0 aliphatic heterocycles. The number of hydrogen-bond acceptors (Lipinski definition) is 3. The molecule has 2 aromatic heterocycles. The van der Waals surface area contributed by atoms with E-state index in [-0.39, 0.29) is 5.91 Å². The summed E-state index contributed by atoms with van der Waals surface area (Å²) in [6.07, 6.45) is 4.85. The van der Waals surface area contributed by atoms with Crippen molar-refractivity contribution >= 4 is 22.6 Å². The molecule has 0 bridgehead atoms. The number of phenolic OH excluding ortho intramolecular Hbond substituents is 1. The summed E-state index contributed by atoms with van der Waals surface area (Å²) in [4.78, 5) is 16.0. The van der Waals surface area contributed by atoms with Crippen LogP contribution in [0.3, 0.4) is 0 Å². The highest BCUT2D eigenvalue weighted by Crippen LogP contribution is 2.34. The third-order valence-corrected chi connectivity index (χ3v) is 4.07. The number of hydrogen-bond donors (Lipinski definition) is 2. The van der Waals surface area contributed by atoms with Crippen LogP contribution in [0.4, 0.5) is 5.69 Å². The maximum atomic E-state index is 11.5. The Balaban J connectivity index is 2.19. The van der Waals surface area contributed by atoms with Crippen LogP contribution in [0.15, 0.2) is 43.2 Å². The first-order valence-corrected chi connectivity index (χ1v) is 7.59. The summed E-state index contributed by atoms with van der Waals surface area (Å²) in [6, 6.07) is 5.80. The number of pyridine rings is 1. The molecule has 0 radical (unpaired) electrons. The molecule has 0 aliphatic rings. The zero-order valence-corrected chi connectivity index (χ0v) is 13.9. The summed E-state index contributed by atoms with van der Waals surface area (Å²) >= 11 is 0. The predicted octanol–water partition coefficient (Wildman–Crippen LogP) is 3.69. The van der Waals surface area contributed by atoms with Crippen molar-refractivity contribution in [3.8, 4) is 16.9 Å². The van der Waals surface area contributed by atoms with Gasteiger partial charge >= 0.3 is 0 Å². The molecule has 2 N–H and O–H groups in total. The number of aromatic hydroxyl groups is 1. The van der Waals surface area contributed by atoms with Crippen LogP contribution in [0.1, 0.15) is 11.1 Å². The highest BCUT2D eigenvalue weighted by atomic mass is 16.3. The first-order chi connectivity index (χ1) is 11.4. The van der Waals surface area contributed by atoms with Crippen molar-refractivity contribution in [2.24, 2.45) is 7.05 Å². The number of benzene rings is 1. The fourth-order valence-corrected chi connectivity index (χ4v) is 2.86. The molecule has 0 aliphatic carbocycles. The molecule has 3 aromatic rings. The molecule has 122 valence electrons. The number of phenols is 1. The monoisotopic (exact) mass is 321 g/mol. The Labute approximate surface area is 140 Å². The van der Waals surface area contributed by atoms with Gasteiger partial charge in [0.05, 0.1) is 11.9 Å². The van der Waals surface area contributed by atoms with Gasteiger partial charge in [-0.25, -0.2) is 4.98 Å². The van der Waals surface area contributed by atoms with E-state index in [4.69, 9.17) is 0 Å². The maximum absolute atomic E-state index is 11.5. The Hall–Kier alpha value is -3.08. The van der Waals surface area contributed by atoms with Crippen molar-refractivity contribution in [3.05, 3.63) is 54.4 Å². The molecule has 0 unspecified atom stereocenters. The number of nitrogens with zero attached hydrogens (tertiary/aromatic N) is 2. The van der Waals surface area contributed by atoms with Crippen LogP contribution in [-0.4, -0.2) is 20.6 Å². The molecular weight excluding hydrogens is 302 g/mol. The Bertz CT molecular complexity index is 947. The summed E-state index contributed by atoms with van der Waals surface area (Å²) in [5, 5.41) is 13.7. The molecule has 2 heterocycles. The lowest BCUT2D eigenvalue weighted by molar-refractivity contribution is -0.111. The van der Waals surface area contributed by atoms with Crippen molar-refractivity contribution in [1.82, 2.24) is 9.55 Å². The van der Waals surface area contributed by atoms with Crippen molar-refractivity contribution in [2.75, 3.05) is 5.32 Å². The molecule has 0 saturated carbocycles. The number of carbonyl (C=O) groups excluding carboxylic acids is 1. The second-order valence-corrected chi connectivity index (χ2v) is 5.90. The molecule has 1 aromatic carbocycles. The fourth-order valence-electron chi connectivity index (χ4n) is 2.86. The van der Waals surface area contributed by atoms with Gasteiger partial charge < -0.3 is 15.0 Å². The standard InChI is InChI=1S/C19H19N3O2/c1-5-17(23)21-14-8-15-16(10-22(4)19(15)20-9-14)13-6-11(2)18(24)12(3)7-13/h5-10,24H,1H2,2-4H3,(H,21,23). The van der Waals surface area contributed by atoms with E-state index in [1.807, 2.05) is 49.9 Å². The molecule has 0 saturated heterocycles. The molecule has 5 heteroatoms. The van der Waals surface area contributed by atoms with E-state index in [0.717, 1.165) is 33.3 Å². The average molecular weight is 321 g/mol. The van der Waals surface area contributed by atoms with Gasteiger partial charge in [0.1, 0.15) is 11.4 Å². The molecule has 0 fully saturated rings. The largest absolute Gasteiger partial charge is 0.507 e. The second kappa shape index (κ2) is 5.85. The lowest BCUT2D eigenvalue weighted by Crippen LogP contribution is -2.07. The molecule has 3 rings (SSSR count). The van der Waals surface area contributed by atoms with Gasteiger partial charge in [0.2, 0.25) is 5.91 Å². The van der Waals surface area contributed by atoms with E-state index in [1.165, 1.54) is 6.08 Å². The van der Waals surface area contributed by atoms with Crippen molar-refractivity contribution in [2.45, 2.75) is 13.8 Å². The lowest BCUT2D eigenvalue weighted by atomic mass is 10.00. The smallest absolute Gasteiger partial charge is 0.247 e. The minimum Gasteiger partial charge on any atom is -0.507 e. The first-order valence-electron chi connectivity index (χ1n) is 7.59. The minimum atomic E-state index is -0.273. The third-order valence-electron chi connectivity index (χ3n) is 4.07. The Morgan fingerprint density at radius 3 is 2.58 bits per heavy atom. The summed E-state index contributed by atoms with van der Waals surface area (Å²) in [6.45, 7) is 7.22. The summed E-state index contributed by atoms with van der Waals surface area (Å²) < 4.78 is 1.95. The Morgan fingerprint density at radius 2 is 1.96 bits per heavy atom. The van der Waals surface area contributed by atoms with Crippen molar-refractivity contribution < 1.29 is 9.90 Å². The average Bonchev–Trinajstić information content (AvgIpc) is 2.88. The predicted molar refractivity (Wildman–Crippen MR) is 96.1 cm³/mol. The number of nitrogens with one attached hydrogen (secondary N) is 1. The number of carbonyl (C=O) groups is 1. The van der Waals surface area contributed by atoms with Gasteiger partial charge in [-0.1, -0.05) is 6.58 Å². The van der Waals surface area contributed by atoms with E-state index in [1.54, 1.807) is 6.20 Å². The molecular formula is C19H19N3O2. The number of anilines is 1.